The number of hydrogen-bond acceptors (Lipinski definition) is 6. The predicted molar refractivity (Wildman–Crippen MR) is 78.8 cm³/mol. The van der Waals surface area contributed by atoms with Crippen molar-refractivity contribution in [1.29, 1.82) is 0 Å². The van der Waals surface area contributed by atoms with Crippen LogP contribution in [0.25, 0.3) is 5.65 Å². The van der Waals surface area contributed by atoms with E-state index >= 15 is 0 Å². The molecule has 1 saturated carbocycles. The summed E-state index contributed by atoms with van der Waals surface area (Å²) < 4.78 is 6.61. The number of hydrogen-bond donors (Lipinski definition) is 1. The number of anilines is 1. The fourth-order valence-electron chi connectivity index (χ4n) is 3.51. The van der Waals surface area contributed by atoms with Crippen LogP contribution in [0.1, 0.15) is 30.1 Å². The van der Waals surface area contributed by atoms with Crippen molar-refractivity contribution in [3.8, 4) is 0 Å². The van der Waals surface area contributed by atoms with Gasteiger partial charge in [-0.15, -0.1) is 0 Å². The Morgan fingerprint density at radius 1 is 1.50 bits per heavy atom. The lowest BCUT2D eigenvalue weighted by molar-refractivity contribution is -0.0494. The van der Waals surface area contributed by atoms with Crippen molar-refractivity contribution in [2.45, 2.75) is 25.9 Å². The second kappa shape index (κ2) is 4.67. The van der Waals surface area contributed by atoms with Gasteiger partial charge in [-0.3, -0.25) is 0 Å². The molecular formula is C15H18N4O3. The summed E-state index contributed by atoms with van der Waals surface area (Å²) in [5.41, 5.74) is 1.18. The number of aliphatic hydroxyl groups excluding tert-OH is 1. The third kappa shape index (κ3) is 1.96. The van der Waals surface area contributed by atoms with E-state index in [4.69, 9.17) is 4.74 Å². The Morgan fingerprint density at radius 2 is 2.27 bits per heavy atom. The summed E-state index contributed by atoms with van der Waals surface area (Å²) in [6.45, 7) is 3.92. The molecule has 7 nitrogen and oxygen atoms in total. The fourth-order valence-corrected chi connectivity index (χ4v) is 3.51. The normalized spacial score (nSPS) is 20.0. The van der Waals surface area contributed by atoms with Crippen LogP contribution in [0.2, 0.25) is 0 Å². The van der Waals surface area contributed by atoms with E-state index in [0.29, 0.717) is 17.8 Å². The SMILES string of the molecule is CCOC(=O)c1cnn2ccc(N3CC4(CC(O)C4)C3)nc12. The van der Waals surface area contributed by atoms with Crippen LogP contribution < -0.4 is 4.90 Å². The minimum atomic E-state index is -0.399. The van der Waals surface area contributed by atoms with Crippen molar-refractivity contribution in [2.24, 2.45) is 5.41 Å². The maximum Gasteiger partial charge on any atom is 0.343 e. The van der Waals surface area contributed by atoms with Crippen molar-refractivity contribution >= 4 is 17.4 Å². The molecule has 0 bridgehead atoms. The molecule has 2 aromatic heterocycles. The Morgan fingerprint density at radius 3 is 2.95 bits per heavy atom. The lowest BCUT2D eigenvalue weighted by Gasteiger charge is -2.58. The quantitative estimate of drug-likeness (QED) is 0.847. The summed E-state index contributed by atoms with van der Waals surface area (Å²) in [6, 6.07) is 1.90. The first-order valence-electron chi connectivity index (χ1n) is 7.55. The second-order valence-corrected chi connectivity index (χ2v) is 6.25. The zero-order chi connectivity index (χ0) is 15.3. The summed E-state index contributed by atoms with van der Waals surface area (Å²) >= 11 is 0. The van der Waals surface area contributed by atoms with Crippen LogP contribution in [0.15, 0.2) is 18.5 Å². The summed E-state index contributed by atoms with van der Waals surface area (Å²) in [4.78, 5) is 18.7. The first-order chi connectivity index (χ1) is 10.6. The maximum atomic E-state index is 11.9. The summed E-state index contributed by atoms with van der Waals surface area (Å²) in [6.07, 6.45) is 4.92. The van der Waals surface area contributed by atoms with Gasteiger partial charge in [0.15, 0.2) is 5.65 Å². The van der Waals surface area contributed by atoms with E-state index in [1.807, 2.05) is 6.07 Å². The summed E-state index contributed by atoms with van der Waals surface area (Å²) in [7, 11) is 0. The number of aromatic nitrogens is 3. The Kier molecular flexibility index (Phi) is 2.87. The van der Waals surface area contributed by atoms with Gasteiger partial charge in [0.05, 0.1) is 18.9 Å². The molecule has 3 heterocycles. The minimum Gasteiger partial charge on any atom is -0.462 e. The van der Waals surface area contributed by atoms with E-state index in [0.717, 1.165) is 31.7 Å². The van der Waals surface area contributed by atoms with Crippen LogP contribution in [-0.4, -0.2) is 51.5 Å². The van der Waals surface area contributed by atoms with Gasteiger partial charge in [0.1, 0.15) is 11.4 Å². The molecule has 22 heavy (non-hydrogen) atoms. The second-order valence-electron chi connectivity index (χ2n) is 6.25. The molecule has 2 fully saturated rings. The molecule has 0 unspecified atom stereocenters. The van der Waals surface area contributed by atoms with Gasteiger partial charge < -0.3 is 14.7 Å². The molecule has 1 spiro atoms. The van der Waals surface area contributed by atoms with Crippen LogP contribution >= 0.6 is 0 Å². The average molecular weight is 302 g/mol. The highest BCUT2D eigenvalue weighted by Gasteiger charge is 2.52. The van der Waals surface area contributed by atoms with Gasteiger partial charge in [0, 0.05) is 24.7 Å². The molecule has 0 radical (unpaired) electrons. The molecule has 2 aliphatic rings. The molecule has 1 aliphatic heterocycles. The Hall–Kier alpha value is -2.15. The minimum absolute atomic E-state index is 0.136. The number of fused-ring (bicyclic) bond motifs is 1. The van der Waals surface area contributed by atoms with Crippen LogP contribution in [0, 0.1) is 5.41 Å². The Balaban J connectivity index is 1.58. The molecule has 1 saturated heterocycles. The zero-order valence-electron chi connectivity index (χ0n) is 12.4. The highest BCUT2D eigenvalue weighted by Crippen LogP contribution is 2.49. The molecule has 1 aliphatic carbocycles. The van der Waals surface area contributed by atoms with E-state index in [-0.39, 0.29) is 11.5 Å². The third-order valence-corrected chi connectivity index (χ3v) is 4.56. The van der Waals surface area contributed by atoms with Crippen molar-refractivity contribution in [1.82, 2.24) is 14.6 Å². The van der Waals surface area contributed by atoms with Crippen molar-refractivity contribution in [3.05, 3.63) is 24.0 Å². The topological polar surface area (TPSA) is 80.0 Å². The van der Waals surface area contributed by atoms with Gasteiger partial charge in [0.2, 0.25) is 0 Å². The number of aliphatic hydroxyl groups is 1. The maximum absolute atomic E-state index is 11.9. The van der Waals surface area contributed by atoms with Crippen molar-refractivity contribution in [2.75, 3.05) is 24.6 Å². The number of esters is 1. The number of carbonyl (C=O) groups excluding carboxylic acids is 1. The van der Waals surface area contributed by atoms with Gasteiger partial charge in [-0.25, -0.2) is 14.3 Å². The Bertz CT molecular complexity index is 727. The molecule has 1 N–H and O–H groups in total. The molecule has 2 aromatic rings. The number of carbonyl (C=O) groups is 1. The molecule has 0 aromatic carbocycles. The van der Waals surface area contributed by atoms with Crippen molar-refractivity contribution < 1.29 is 14.6 Å². The molecule has 4 rings (SSSR count). The smallest absolute Gasteiger partial charge is 0.343 e. The van der Waals surface area contributed by atoms with Crippen LogP contribution in [0.3, 0.4) is 0 Å². The van der Waals surface area contributed by atoms with Gasteiger partial charge in [-0.05, 0) is 25.8 Å². The molecule has 7 heteroatoms. The highest BCUT2D eigenvalue weighted by molar-refractivity contribution is 5.95. The number of nitrogens with zero attached hydrogens (tertiary/aromatic N) is 4. The number of rotatable bonds is 3. The van der Waals surface area contributed by atoms with E-state index in [2.05, 4.69) is 15.0 Å². The lowest BCUT2D eigenvalue weighted by Crippen LogP contribution is -2.64. The van der Waals surface area contributed by atoms with E-state index in [1.165, 1.54) is 6.20 Å². The summed E-state index contributed by atoms with van der Waals surface area (Å²) in [5, 5.41) is 13.6. The van der Waals surface area contributed by atoms with Crippen LogP contribution in [0.5, 0.6) is 0 Å². The first-order valence-corrected chi connectivity index (χ1v) is 7.55. The molecule has 0 amide bonds. The fraction of sp³-hybridized carbons (Fsp3) is 0.533. The van der Waals surface area contributed by atoms with Gasteiger partial charge in [-0.1, -0.05) is 0 Å². The zero-order valence-corrected chi connectivity index (χ0v) is 12.4. The monoisotopic (exact) mass is 302 g/mol. The van der Waals surface area contributed by atoms with Gasteiger partial charge in [0.25, 0.3) is 0 Å². The largest absolute Gasteiger partial charge is 0.462 e. The van der Waals surface area contributed by atoms with E-state index < -0.39 is 5.97 Å². The van der Waals surface area contributed by atoms with Crippen LogP contribution in [-0.2, 0) is 4.74 Å². The lowest BCUT2D eigenvalue weighted by atomic mass is 9.62. The van der Waals surface area contributed by atoms with Crippen LogP contribution in [0.4, 0.5) is 5.82 Å². The van der Waals surface area contributed by atoms with Gasteiger partial charge in [-0.2, -0.15) is 5.10 Å². The standard InChI is InChI=1S/C15H18N4O3/c1-2-22-14(21)11-7-16-19-4-3-12(17-13(11)19)18-8-15(9-18)5-10(20)6-15/h3-4,7,10,20H,2,5-6,8-9H2,1H3. The molecular weight excluding hydrogens is 284 g/mol. The van der Waals surface area contributed by atoms with E-state index in [1.54, 1.807) is 17.6 Å². The highest BCUT2D eigenvalue weighted by atomic mass is 16.5. The van der Waals surface area contributed by atoms with Gasteiger partial charge >= 0.3 is 5.97 Å². The predicted octanol–water partition coefficient (Wildman–Crippen LogP) is 0.867. The number of ether oxygens (including phenoxy) is 1. The molecule has 0 atom stereocenters. The summed E-state index contributed by atoms with van der Waals surface area (Å²) in [5.74, 6) is 0.440. The average Bonchev–Trinajstić information content (AvgIpc) is 2.84. The third-order valence-electron chi connectivity index (χ3n) is 4.56. The first kappa shape index (κ1) is 13.5. The molecule has 116 valence electrons. The van der Waals surface area contributed by atoms with E-state index in [9.17, 15) is 9.90 Å². The Labute approximate surface area is 127 Å². The van der Waals surface area contributed by atoms with Crippen molar-refractivity contribution in [3.63, 3.8) is 0 Å².